The van der Waals surface area contributed by atoms with Crippen LogP contribution in [-0.4, -0.2) is 36.1 Å². The number of hydrogen-bond acceptors (Lipinski definition) is 4. The molecule has 1 amide bonds. The molecule has 0 saturated carbocycles. The second kappa shape index (κ2) is 21.4. The van der Waals surface area contributed by atoms with Crippen LogP contribution in [-0.2, 0) is 19.1 Å². The van der Waals surface area contributed by atoms with Gasteiger partial charge in [0.05, 0.1) is 6.61 Å². The molecule has 1 atom stereocenters. The largest absolute Gasteiger partial charge is 0.565 e. The first-order chi connectivity index (χ1) is 17.2. The molecule has 0 aromatic heterocycles. The summed E-state index contributed by atoms with van der Waals surface area (Å²) in [4.78, 5) is 35.0. The predicted molar refractivity (Wildman–Crippen MR) is 148 cm³/mol. The minimum absolute atomic E-state index is 0.00817. The Labute approximate surface area is 218 Å². The maximum absolute atomic E-state index is 12.2. The molecule has 0 heterocycles. The summed E-state index contributed by atoms with van der Waals surface area (Å²) in [5.41, 5.74) is -0.533. The van der Waals surface area contributed by atoms with E-state index in [4.69, 9.17) is 9.84 Å². The molecule has 6 nitrogen and oxygen atoms in total. The van der Waals surface area contributed by atoms with Gasteiger partial charge in [0.15, 0.2) is 0 Å². The highest BCUT2D eigenvalue weighted by molar-refractivity contribution is 5.79. The van der Waals surface area contributed by atoms with Crippen molar-refractivity contribution in [3.05, 3.63) is 60.8 Å². The van der Waals surface area contributed by atoms with Crippen molar-refractivity contribution in [1.29, 1.82) is 0 Å². The molecule has 0 radical (unpaired) electrons. The lowest BCUT2D eigenvalue weighted by Crippen LogP contribution is -2.40. The zero-order valence-electron chi connectivity index (χ0n) is 22.8. The minimum Gasteiger partial charge on any atom is -0.565 e. The molecule has 3 N–H and O–H groups in total. The number of unbranched alkanes of at least 4 members (excludes halogenated alkanes) is 1. The van der Waals surface area contributed by atoms with E-state index in [9.17, 15) is 14.4 Å². The van der Waals surface area contributed by atoms with Crippen molar-refractivity contribution in [2.45, 2.75) is 85.5 Å². The smallest absolute Gasteiger partial charge is 0.517 e. The standard InChI is InChI=1S/C30H47NO5/c1-5-6-7-8-9-10-11-12-13-14-15-16-17-18-19-20-21-22-28(34)36-25-30(3,4)26(2)29(35)31-24-23-27(32)33/h6-7,9-10,12-13,15-16,18-19,26H,5,8,11,14,17,20-25H2,1-4H3,(H,31,35)(H,32,33)/p+1/b7-6-,10-9-,13-12-,16-15-,19-18-/t26-/m0/s1. The maximum atomic E-state index is 12.2. The molecular formula is C30H48NO5+. The van der Waals surface area contributed by atoms with Crippen LogP contribution in [0.3, 0.4) is 0 Å². The summed E-state index contributed by atoms with van der Waals surface area (Å²) >= 11 is 0. The normalized spacial score (nSPS) is 13.4. The summed E-state index contributed by atoms with van der Waals surface area (Å²) in [6, 6.07) is 0. The third kappa shape index (κ3) is 19.4. The van der Waals surface area contributed by atoms with E-state index in [-0.39, 0.29) is 31.4 Å². The first-order valence-corrected chi connectivity index (χ1v) is 13.1. The summed E-state index contributed by atoms with van der Waals surface area (Å²) in [5, 5.41) is 9.53. The Bertz CT molecular complexity index is 774. The maximum Gasteiger partial charge on any atom is 0.517 e. The molecule has 0 rings (SSSR count). The van der Waals surface area contributed by atoms with Gasteiger partial charge in [-0.3, -0.25) is 9.59 Å². The van der Waals surface area contributed by atoms with Crippen LogP contribution in [0.2, 0.25) is 0 Å². The van der Waals surface area contributed by atoms with Gasteiger partial charge in [-0.1, -0.05) is 88.5 Å². The van der Waals surface area contributed by atoms with E-state index < -0.39 is 17.3 Å². The summed E-state index contributed by atoms with van der Waals surface area (Å²) in [7, 11) is 0. The Balaban J connectivity index is 3.92. The highest BCUT2D eigenvalue weighted by Gasteiger charge is 2.32. The third-order valence-electron chi connectivity index (χ3n) is 5.73. The topological polar surface area (TPSA) is 95.4 Å². The van der Waals surface area contributed by atoms with Crippen LogP contribution in [0.5, 0.6) is 0 Å². The zero-order valence-corrected chi connectivity index (χ0v) is 22.8. The third-order valence-corrected chi connectivity index (χ3v) is 5.73. The highest BCUT2D eigenvalue weighted by atomic mass is 16.5. The lowest BCUT2D eigenvalue weighted by atomic mass is 9.80. The molecule has 0 spiro atoms. The number of amides is 1. The van der Waals surface area contributed by atoms with E-state index in [0.717, 1.165) is 44.9 Å². The van der Waals surface area contributed by atoms with Gasteiger partial charge in [0.2, 0.25) is 5.91 Å². The van der Waals surface area contributed by atoms with Crippen LogP contribution in [0, 0.1) is 11.3 Å². The van der Waals surface area contributed by atoms with Gasteiger partial charge in [0.1, 0.15) is 6.42 Å². The van der Waals surface area contributed by atoms with Crippen molar-refractivity contribution in [2.75, 3.05) is 13.2 Å². The van der Waals surface area contributed by atoms with Crippen LogP contribution in [0.4, 0.5) is 0 Å². The molecule has 0 aliphatic rings. The quantitative estimate of drug-likeness (QED) is 0.0974. The highest BCUT2D eigenvalue weighted by Crippen LogP contribution is 2.27. The van der Waals surface area contributed by atoms with E-state index in [1.165, 1.54) is 0 Å². The van der Waals surface area contributed by atoms with Crippen molar-refractivity contribution >= 4 is 17.8 Å². The van der Waals surface area contributed by atoms with Gasteiger partial charge in [-0.15, -0.1) is 0 Å². The van der Waals surface area contributed by atoms with Crippen LogP contribution >= 0.6 is 0 Å². The van der Waals surface area contributed by atoms with Gasteiger partial charge in [0.25, 0.3) is 0 Å². The number of hydrogen-bond donors (Lipinski definition) is 1. The lowest BCUT2D eigenvalue weighted by Gasteiger charge is -2.30. The Morgan fingerprint density at radius 3 is 1.83 bits per heavy atom. The van der Waals surface area contributed by atoms with Gasteiger partial charge >= 0.3 is 11.9 Å². The van der Waals surface area contributed by atoms with Gasteiger partial charge in [-0.25, -0.2) is 0 Å². The van der Waals surface area contributed by atoms with E-state index in [1.54, 1.807) is 6.92 Å². The number of nitrogens with one attached hydrogen (secondary N) is 1. The molecular weight excluding hydrogens is 454 g/mol. The zero-order chi connectivity index (χ0) is 27.1. The fourth-order valence-electron chi connectivity index (χ4n) is 3.00. The van der Waals surface area contributed by atoms with Crippen molar-refractivity contribution in [1.82, 2.24) is 5.32 Å². The minimum atomic E-state index is -0.708. The van der Waals surface area contributed by atoms with Crippen LogP contribution in [0.25, 0.3) is 0 Å². The molecule has 0 aromatic rings. The Morgan fingerprint density at radius 1 is 0.833 bits per heavy atom. The fourth-order valence-corrected chi connectivity index (χ4v) is 3.00. The average Bonchev–Trinajstić information content (AvgIpc) is 2.83. The van der Waals surface area contributed by atoms with Crippen LogP contribution in [0.15, 0.2) is 60.8 Å². The van der Waals surface area contributed by atoms with Gasteiger partial charge in [-0.2, -0.15) is 0 Å². The molecule has 0 bridgehead atoms. The molecule has 0 unspecified atom stereocenters. The molecule has 36 heavy (non-hydrogen) atoms. The molecule has 0 fully saturated rings. The van der Waals surface area contributed by atoms with Crippen molar-refractivity contribution in [3.8, 4) is 0 Å². The molecule has 0 saturated heterocycles. The molecule has 6 heteroatoms. The van der Waals surface area contributed by atoms with E-state index >= 15 is 0 Å². The lowest BCUT2D eigenvalue weighted by molar-refractivity contribution is -0.150. The summed E-state index contributed by atoms with van der Waals surface area (Å²) in [6.45, 7) is 7.96. The van der Waals surface area contributed by atoms with Crippen molar-refractivity contribution in [3.63, 3.8) is 0 Å². The molecule has 202 valence electrons. The van der Waals surface area contributed by atoms with Crippen molar-refractivity contribution < 1.29 is 24.2 Å². The van der Waals surface area contributed by atoms with E-state index in [2.05, 4.69) is 73.0 Å². The first-order valence-electron chi connectivity index (χ1n) is 13.1. The van der Waals surface area contributed by atoms with Crippen LogP contribution < -0.4 is 5.32 Å². The summed E-state index contributed by atoms with van der Waals surface area (Å²) < 4.78 is 5.40. The number of esters is 1. The number of carbonyl (C=O) groups is 3. The Kier molecular flexibility index (Phi) is 19.7. The van der Waals surface area contributed by atoms with Gasteiger partial charge < -0.3 is 15.2 Å². The second-order valence-corrected chi connectivity index (χ2v) is 9.44. The van der Waals surface area contributed by atoms with Crippen LogP contribution in [0.1, 0.15) is 85.5 Å². The Morgan fingerprint density at radius 2 is 1.33 bits per heavy atom. The summed E-state index contributed by atoms with van der Waals surface area (Å²) in [6.07, 6.45) is 28.4. The van der Waals surface area contributed by atoms with Gasteiger partial charge in [0, 0.05) is 29.1 Å². The second-order valence-electron chi connectivity index (χ2n) is 9.44. The van der Waals surface area contributed by atoms with E-state index in [1.807, 2.05) is 13.8 Å². The van der Waals surface area contributed by atoms with Crippen molar-refractivity contribution in [2.24, 2.45) is 11.3 Å². The molecule has 0 aliphatic heterocycles. The molecule has 0 aromatic carbocycles. The SMILES string of the molecule is CC/C=C\C/C=C\C/C=C\C/C=C\C/C=C\CCCC(=O)OCC(C)(C)[C@@H](C)C(=O)NCCC(=O)[OH2+]. The first kappa shape index (κ1) is 33.1. The number of carbonyl (C=O) groups excluding carboxylic acids is 3. The van der Waals surface area contributed by atoms with Gasteiger partial charge in [-0.05, 0) is 44.9 Å². The average molecular weight is 503 g/mol. The Hall–Kier alpha value is -2.89. The van der Waals surface area contributed by atoms with E-state index in [0.29, 0.717) is 6.42 Å². The number of rotatable bonds is 20. The number of ether oxygens (including phenoxy) is 1. The predicted octanol–water partition coefficient (Wildman–Crippen LogP) is 5.87. The summed E-state index contributed by atoms with van der Waals surface area (Å²) in [5.74, 6) is -1.58. The monoisotopic (exact) mass is 502 g/mol. The fraction of sp³-hybridized carbons (Fsp3) is 0.567. The number of allylic oxidation sites excluding steroid dienone is 10. The molecule has 0 aliphatic carbocycles.